The van der Waals surface area contributed by atoms with Crippen LogP contribution in [0.15, 0.2) is 56.7 Å². The third-order valence-corrected chi connectivity index (χ3v) is 4.60. The van der Waals surface area contributed by atoms with Crippen LogP contribution in [0.3, 0.4) is 0 Å². The lowest BCUT2D eigenvalue weighted by Gasteiger charge is -2.13. The van der Waals surface area contributed by atoms with Gasteiger partial charge in [0.25, 0.3) is 0 Å². The van der Waals surface area contributed by atoms with Gasteiger partial charge in [-0.1, -0.05) is 40.7 Å². The lowest BCUT2D eigenvalue weighted by Crippen LogP contribution is -2.17. The molecular weight excluding hydrogens is 337 g/mol. The predicted octanol–water partition coefficient (Wildman–Crippen LogP) is 5.41. The van der Waals surface area contributed by atoms with Crippen molar-refractivity contribution in [3.63, 3.8) is 0 Å². The quantitative estimate of drug-likeness (QED) is 0.771. The Morgan fingerprint density at radius 3 is 2.50 bits per heavy atom. The molecule has 1 nitrogen and oxygen atoms in total. The molecule has 1 unspecified atom stereocenters. The molecule has 0 aliphatic rings. The normalized spacial score (nSPS) is 12.4. The highest BCUT2D eigenvalue weighted by Gasteiger charge is 2.09. The second kappa shape index (κ2) is 7.25. The van der Waals surface area contributed by atoms with Crippen molar-refractivity contribution in [3.05, 3.63) is 58.3 Å². The summed E-state index contributed by atoms with van der Waals surface area (Å²) in [5.74, 6) is -0.167. The molecule has 4 heteroatoms. The average molecular weight is 354 g/mol. The minimum absolute atomic E-state index is 0.167. The summed E-state index contributed by atoms with van der Waals surface area (Å²) >= 11 is 4.84. The maximum atomic E-state index is 14.2. The Morgan fingerprint density at radius 2 is 1.90 bits per heavy atom. The van der Waals surface area contributed by atoms with E-state index in [1.54, 1.807) is 6.07 Å². The van der Waals surface area contributed by atoms with Crippen molar-refractivity contribution in [2.75, 3.05) is 6.54 Å². The van der Waals surface area contributed by atoms with Crippen LogP contribution in [0.4, 0.5) is 4.39 Å². The summed E-state index contributed by atoms with van der Waals surface area (Å²) in [6.45, 7) is 4.96. The Labute approximate surface area is 132 Å². The summed E-state index contributed by atoms with van der Waals surface area (Å²) in [5, 5.41) is 3.29. The fourth-order valence-electron chi connectivity index (χ4n) is 1.92. The summed E-state index contributed by atoms with van der Waals surface area (Å²) in [5.41, 5.74) is 0.976. The van der Waals surface area contributed by atoms with Crippen molar-refractivity contribution in [3.8, 4) is 0 Å². The first kappa shape index (κ1) is 15.5. The Kier molecular flexibility index (Phi) is 5.64. The number of halogens is 2. The Morgan fingerprint density at radius 1 is 1.20 bits per heavy atom. The average Bonchev–Trinajstić information content (AvgIpc) is 2.43. The Bertz CT molecular complexity index is 571. The Hall–Kier alpha value is -0.840. The summed E-state index contributed by atoms with van der Waals surface area (Å²) < 4.78 is 15.2. The molecule has 0 aliphatic heterocycles. The lowest BCUT2D eigenvalue weighted by molar-refractivity contribution is 0.572. The maximum Gasteiger partial charge on any atom is 0.137 e. The molecule has 20 heavy (non-hydrogen) atoms. The molecule has 2 rings (SSSR count). The molecule has 0 heterocycles. The second-order valence-electron chi connectivity index (χ2n) is 4.53. The first-order chi connectivity index (χ1) is 9.60. The number of hydrogen-bond acceptors (Lipinski definition) is 2. The van der Waals surface area contributed by atoms with E-state index in [2.05, 4.69) is 21.2 Å². The van der Waals surface area contributed by atoms with E-state index in [-0.39, 0.29) is 11.9 Å². The molecule has 0 aromatic heterocycles. The van der Waals surface area contributed by atoms with E-state index in [9.17, 15) is 4.39 Å². The molecule has 2 aromatic carbocycles. The summed E-state index contributed by atoms with van der Waals surface area (Å²) in [6.07, 6.45) is 0. The van der Waals surface area contributed by atoms with E-state index in [1.165, 1.54) is 11.8 Å². The van der Waals surface area contributed by atoms with Gasteiger partial charge in [-0.3, -0.25) is 0 Å². The van der Waals surface area contributed by atoms with Crippen LogP contribution in [0, 0.1) is 5.82 Å². The van der Waals surface area contributed by atoms with E-state index in [0.29, 0.717) is 4.90 Å². The summed E-state index contributed by atoms with van der Waals surface area (Å²) in [7, 11) is 0. The van der Waals surface area contributed by atoms with E-state index in [0.717, 1.165) is 21.5 Å². The number of benzene rings is 2. The highest BCUT2D eigenvalue weighted by Crippen LogP contribution is 2.31. The van der Waals surface area contributed by atoms with E-state index in [4.69, 9.17) is 0 Å². The van der Waals surface area contributed by atoms with Crippen molar-refractivity contribution in [1.82, 2.24) is 5.32 Å². The van der Waals surface area contributed by atoms with Crippen molar-refractivity contribution >= 4 is 27.7 Å². The van der Waals surface area contributed by atoms with Gasteiger partial charge in [-0.05, 0) is 55.4 Å². The van der Waals surface area contributed by atoms with Crippen LogP contribution in [-0.4, -0.2) is 6.54 Å². The molecule has 1 N–H and O–H groups in total. The number of hydrogen-bond donors (Lipinski definition) is 1. The fraction of sp³-hybridized carbons (Fsp3) is 0.250. The second-order valence-corrected chi connectivity index (χ2v) is 6.56. The first-order valence-electron chi connectivity index (χ1n) is 6.56. The fourth-order valence-corrected chi connectivity index (χ4v) is 3.01. The first-order valence-corrected chi connectivity index (χ1v) is 8.17. The highest BCUT2D eigenvalue weighted by atomic mass is 79.9. The van der Waals surface area contributed by atoms with Gasteiger partial charge in [-0.15, -0.1) is 0 Å². The van der Waals surface area contributed by atoms with Gasteiger partial charge in [0.15, 0.2) is 0 Å². The number of rotatable bonds is 5. The predicted molar refractivity (Wildman–Crippen MR) is 86.8 cm³/mol. The molecule has 0 radical (unpaired) electrons. The highest BCUT2D eigenvalue weighted by molar-refractivity contribution is 9.10. The van der Waals surface area contributed by atoms with Crippen LogP contribution >= 0.6 is 27.7 Å². The van der Waals surface area contributed by atoms with E-state index in [1.807, 2.05) is 50.2 Å². The minimum atomic E-state index is -0.167. The van der Waals surface area contributed by atoms with Crippen LogP contribution in [0.5, 0.6) is 0 Å². The molecule has 106 valence electrons. The third-order valence-electron chi connectivity index (χ3n) is 3.01. The van der Waals surface area contributed by atoms with Crippen molar-refractivity contribution in [2.24, 2.45) is 0 Å². The van der Waals surface area contributed by atoms with Crippen LogP contribution in [-0.2, 0) is 0 Å². The van der Waals surface area contributed by atoms with Crippen molar-refractivity contribution in [2.45, 2.75) is 29.7 Å². The Balaban J connectivity index is 2.15. The minimum Gasteiger partial charge on any atom is -0.310 e. The zero-order valence-corrected chi connectivity index (χ0v) is 13.9. The zero-order valence-electron chi connectivity index (χ0n) is 11.5. The molecule has 0 aliphatic carbocycles. The molecule has 0 amide bonds. The standard InChI is InChI=1S/C16H17BrFNS/c1-3-19-11(2)12-4-9-16(15(18)10-12)20-14-7-5-13(17)6-8-14/h4-11,19H,3H2,1-2H3. The topological polar surface area (TPSA) is 12.0 Å². The molecule has 0 bridgehead atoms. The molecule has 0 spiro atoms. The largest absolute Gasteiger partial charge is 0.310 e. The van der Waals surface area contributed by atoms with Crippen molar-refractivity contribution in [1.29, 1.82) is 0 Å². The molecule has 1 atom stereocenters. The zero-order chi connectivity index (χ0) is 14.5. The molecule has 0 saturated carbocycles. The van der Waals surface area contributed by atoms with Gasteiger partial charge in [0.1, 0.15) is 5.82 Å². The van der Waals surface area contributed by atoms with E-state index < -0.39 is 0 Å². The molecule has 2 aromatic rings. The molecule has 0 fully saturated rings. The lowest BCUT2D eigenvalue weighted by atomic mass is 10.1. The molecule has 0 saturated heterocycles. The smallest absolute Gasteiger partial charge is 0.137 e. The van der Waals surface area contributed by atoms with Crippen LogP contribution < -0.4 is 5.32 Å². The van der Waals surface area contributed by atoms with Crippen LogP contribution in [0.2, 0.25) is 0 Å². The van der Waals surface area contributed by atoms with Crippen LogP contribution in [0.25, 0.3) is 0 Å². The third kappa shape index (κ3) is 4.08. The van der Waals surface area contributed by atoms with Gasteiger partial charge in [-0.2, -0.15) is 0 Å². The van der Waals surface area contributed by atoms with Gasteiger partial charge in [0, 0.05) is 20.3 Å². The summed E-state index contributed by atoms with van der Waals surface area (Å²) in [4.78, 5) is 1.68. The van der Waals surface area contributed by atoms with Gasteiger partial charge >= 0.3 is 0 Å². The molecular formula is C16H17BrFNS. The van der Waals surface area contributed by atoms with Gasteiger partial charge in [0.2, 0.25) is 0 Å². The SMILES string of the molecule is CCNC(C)c1ccc(Sc2ccc(Br)cc2)c(F)c1. The maximum absolute atomic E-state index is 14.2. The van der Waals surface area contributed by atoms with Gasteiger partial charge < -0.3 is 5.32 Å². The monoisotopic (exact) mass is 353 g/mol. The van der Waals surface area contributed by atoms with E-state index >= 15 is 0 Å². The summed E-state index contributed by atoms with van der Waals surface area (Å²) in [6, 6.07) is 13.5. The van der Waals surface area contributed by atoms with Crippen LogP contribution in [0.1, 0.15) is 25.5 Å². The van der Waals surface area contributed by atoms with Gasteiger partial charge in [0.05, 0.1) is 0 Å². The van der Waals surface area contributed by atoms with Gasteiger partial charge in [-0.25, -0.2) is 4.39 Å². The van der Waals surface area contributed by atoms with Crippen molar-refractivity contribution < 1.29 is 4.39 Å². The number of nitrogens with one attached hydrogen (secondary N) is 1.